The summed E-state index contributed by atoms with van der Waals surface area (Å²) in [5.74, 6) is 1.78. The van der Waals surface area contributed by atoms with Gasteiger partial charge in [-0.2, -0.15) is 0 Å². The lowest BCUT2D eigenvalue weighted by atomic mass is 10.0. The molecule has 0 fully saturated rings. The Labute approximate surface area is 113 Å². The average Bonchev–Trinajstić information content (AvgIpc) is 2.40. The largest absolute Gasteiger partial charge is 0.486 e. The van der Waals surface area contributed by atoms with Crippen LogP contribution < -0.4 is 16.2 Å². The standard InChI is InChI=1S/C14H22N2OS/c1-4-5-6-10-7-18-14-12(16)9(3)8(2)11(15)13(14)17-10/h10H,4-7,15-16H2,1-3H3. The molecule has 18 heavy (non-hydrogen) atoms. The maximum Gasteiger partial charge on any atom is 0.158 e. The number of ether oxygens (including phenoxy) is 1. The molecule has 1 unspecified atom stereocenters. The summed E-state index contributed by atoms with van der Waals surface area (Å²) >= 11 is 1.78. The first-order valence-electron chi connectivity index (χ1n) is 6.53. The predicted octanol–water partition coefficient (Wildman–Crippen LogP) is 3.51. The molecule has 4 heteroatoms. The maximum atomic E-state index is 6.17. The Balaban J connectivity index is 2.32. The van der Waals surface area contributed by atoms with Crippen molar-refractivity contribution in [3.05, 3.63) is 11.1 Å². The number of benzene rings is 1. The molecule has 4 N–H and O–H groups in total. The van der Waals surface area contributed by atoms with E-state index in [4.69, 9.17) is 16.2 Å². The van der Waals surface area contributed by atoms with Crippen molar-refractivity contribution in [3.63, 3.8) is 0 Å². The van der Waals surface area contributed by atoms with E-state index in [1.165, 1.54) is 12.8 Å². The highest BCUT2D eigenvalue weighted by Gasteiger charge is 2.26. The van der Waals surface area contributed by atoms with Crippen molar-refractivity contribution in [3.8, 4) is 5.75 Å². The summed E-state index contributed by atoms with van der Waals surface area (Å²) in [6.45, 7) is 6.22. The first-order valence-corrected chi connectivity index (χ1v) is 7.52. The molecule has 0 spiro atoms. The zero-order valence-electron chi connectivity index (χ0n) is 11.4. The summed E-state index contributed by atoms with van der Waals surface area (Å²) < 4.78 is 6.06. The predicted molar refractivity (Wildman–Crippen MR) is 79.4 cm³/mol. The minimum Gasteiger partial charge on any atom is -0.486 e. The van der Waals surface area contributed by atoms with E-state index in [0.29, 0.717) is 0 Å². The summed E-state index contributed by atoms with van der Waals surface area (Å²) in [6, 6.07) is 0. The number of hydrogen-bond acceptors (Lipinski definition) is 4. The fraction of sp³-hybridized carbons (Fsp3) is 0.571. The van der Waals surface area contributed by atoms with Gasteiger partial charge in [0.25, 0.3) is 0 Å². The van der Waals surface area contributed by atoms with Crippen LogP contribution in [0.2, 0.25) is 0 Å². The number of anilines is 2. The molecule has 1 atom stereocenters. The normalized spacial score (nSPS) is 18.3. The molecule has 3 nitrogen and oxygen atoms in total. The smallest absolute Gasteiger partial charge is 0.158 e. The minimum atomic E-state index is 0.270. The monoisotopic (exact) mass is 266 g/mol. The van der Waals surface area contributed by atoms with Crippen molar-refractivity contribution in [1.82, 2.24) is 0 Å². The van der Waals surface area contributed by atoms with Crippen LogP contribution in [-0.4, -0.2) is 11.9 Å². The van der Waals surface area contributed by atoms with Gasteiger partial charge in [-0.25, -0.2) is 0 Å². The SMILES string of the molecule is CCCCC1CSc2c(N)c(C)c(C)c(N)c2O1. The van der Waals surface area contributed by atoms with E-state index >= 15 is 0 Å². The highest BCUT2D eigenvalue weighted by molar-refractivity contribution is 7.99. The highest BCUT2D eigenvalue weighted by Crippen LogP contribution is 2.47. The summed E-state index contributed by atoms with van der Waals surface area (Å²) in [7, 11) is 0. The van der Waals surface area contributed by atoms with Crippen LogP contribution in [0, 0.1) is 13.8 Å². The third kappa shape index (κ3) is 2.26. The van der Waals surface area contributed by atoms with E-state index in [1.807, 2.05) is 13.8 Å². The third-order valence-electron chi connectivity index (χ3n) is 3.64. The van der Waals surface area contributed by atoms with Gasteiger partial charge in [-0.15, -0.1) is 11.8 Å². The number of nitrogens with two attached hydrogens (primary N) is 2. The van der Waals surface area contributed by atoms with E-state index in [2.05, 4.69) is 6.92 Å². The molecule has 0 aromatic heterocycles. The van der Waals surface area contributed by atoms with Gasteiger partial charge in [0.1, 0.15) is 6.10 Å². The first kappa shape index (κ1) is 13.4. The zero-order valence-corrected chi connectivity index (χ0v) is 12.2. The van der Waals surface area contributed by atoms with Gasteiger partial charge in [0, 0.05) is 5.75 Å². The summed E-state index contributed by atoms with van der Waals surface area (Å²) in [5, 5.41) is 0. The Kier molecular flexibility index (Phi) is 3.95. The van der Waals surface area contributed by atoms with Crippen LogP contribution in [0.5, 0.6) is 5.75 Å². The van der Waals surface area contributed by atoms with Gasteiger partial charge in [0.15, 0.2) is 5.75 Å². The van der Waals surface area contributed by atoms with Crippen LogP contribution in [0.3, 0.4) is 0 Å². The molecule has 2 rings (SSSR count). The van der Waals surface area contributed by atoms with Gasteiger partial charge in [0.2, 0.25) is 0 Å². The van der Waals surface area contributed by atoms with Gasteiger partial charge in [-0.1, -0.05) is 19.8 Å². The fourth-order valence-corrected chi connectivity index (χ4v) is 3.39. The summed E-state index contributed by atoms with van der Waals surface area (Å²) in [6.07, 6.45) is 3.75. The highest BCUT2D eigenvalue weighted by atomic mass is 32.2. The van der Waals surface area contributed by atoms with Crippen LogP contribution in [0.4, 0.5) is 11.4 Å². The number of rotatable bonds is 3. The quantitative estimate of drug-likeness (QED) is 0.822. The molecule has 0 radical (unpaired) electrons. The molecule has 1 aromatic carbocycles. The van der Waals surface area contributed by atoms with E-state index in [0.717, 1.165) is 45.3 Å². The molecular formula is C14H22N2OS. The van der Waals surface area contributed by atoms with Crippen LogP contribution in [0.1, 0.15) is 37.3 Å². The number of unbranched alkanes of at least 4 members (excludes halogenated alkanes) is 1. The van der Waals surface area contributed by atoms with Crippen LogP contribution >= 0.6 is 11.8 Å². The summed E-state index contributed by atoms with van der Waals surface area (Å²) in [5.41, 5.74) is 16.0. The Morgan fingerprint density at radius 2 is 1.89 bits per heavy atom. The van der Waals surface area contributed by atoms with E-state index in [9.17, 15) is 0 Å². The van der Waals surface area contributed by atoms with Crippen LogP contribution in [0.25, 0.3) is 0 Å². The van der Waals surface area contributed by atoms with Gasteiger partial charge in [-0.3, -0.25) is 0 Å². The van der Waals surface area contributed by atoms with Gasteiger partial charge >= 0.3 is 0 Å². The Morgan fingerprint density at radius 1 is 1.22 bits per heavy atom. The Morgan fingerprint density at radius 3 is 2.56 bits per heavy atom. The maximum absolute atomic E-state index is 6.17. The van der Waals surface area contributed by atoms with Gasteiger partial charge in [0.05, 0.1) is 16.3 Å². The Hall–Kier alpha value is -1.03. The lowest BCUT2D eigenvalue weighted by Gasteiger charge is -2.29. The van der Waals surface area contributed by atoms with Crippen LogP contribution in [-0.2, 0) is 0 Å². The second-order valence-electron chi connectivity index (χ2n) is 4.93. The molecule has 1 aliphatic rings. The van der Waals surface area contributed by atoms with Gasteiger partial charge < -0.3 is 16.2 Å². The van der Waals surface area contributed by atoms with Gasteiger partial charge in [-0.05, 0) is 31.4 Å². The molecule has 1 aliphatic heterocycles. The number of hydrogen-bond donors (Lipinski definition) is 2. The van der Waals surface area contributed by atoms with Crippen molar-refractivity contribution in [1.29, 1.82) is 0 Å². The topological polar surface area (TPSA) is 61.3 Å². The molecule has 0 aliphatic carbocycles. The molecule has 0 saturated carbocycles. The average molecular weight is 266 g/mol. The minimum absolute atomic E-state index is 0.270. The van der Waals surface area contributed by atoms with Crippen LogP contribution in [0.15, 0.2) is 4.90 Å². The Bertz CT molecular complexity index is 460. The number of thioether (sulfide) groups is 1. The van der Waals surface area contributed by atoms with E-state index < -0.39 is 0 Å². The molecule has 1 heterocycles. The van der Waals surface area contributed by atoms with Crippen molar-refractivity contribution < 1.29 is 4.74 Å². The molecule has 0 bridgehead atoms. The number of fused-ring (bicyclic) bond motifs is 1. The van der Waals surface area contributed by atoms with E-state index in [-0.39, 0.29) is 6.10 Å². The molecule has 1 aromatic rings. The zero-order chi connectivity index (χ0) is 13.3. The molecule has 0 saturated heterocycles. The molecule has 0 amide bonds. The van der Waals surface area contributed by atoms with Crippen molar-refractivity contribution in [2.45, 2.75) is 51.0 Å². The van der Waals surface area contributed by atoms with Crippen molar-refractivity contribution >= 4 is 23.1 Å². The second kappa shape index (κ2) is 5.31. The third-order valence-corrected chi connectivity index (χ3v) is 4.88. The second-order valence-corrected chi connectivity index (χ2v) is 5.96. The fourth-order valence-electron chi connectivity index (χ4n) is 2.20. The van der Waals surface area contributed by atoms with Crippen molar-refractivity contribution in [2.24, 2.45) is 0 Å². The van der Waals surface area contributed by atoms with E-state index in [1.54, 1.807) is 11.8 Å². The molecular weight excluding hydrogens is 244 g/mol. The summed E-state index contributed by atoms with van der Waals surface area (Å²) in [4.78, 5) is 1.03. The lowest BCUT2D eigenvalue weighted by Crippen LogP contribution is -2.24. The first-order chi connectivity index (χ1) is 8.56. The van der Waals surface area contributed by atoms with Crippen molar-refractivity contribution in [2.75, 3.05) is 17.2 Å². The molecule has 100 valence electrons. The number of nitrogen functional groups attached to an aromatic ring is 2. The lowest BCUT2D eigenvalue weighted by molar-refractivity contribution is 0.203.